The fraction of sp³-hybridized carbons (Fsp3) is 0.500. The fourth-order valence-corrected chi connectivity index (χ4v) is 1.82. The molecule has 0 saturated carbocycles. The molecule has 0 aromatic carbocycles. The lowest BCUT2D eigenvalue weighted by Crippen LogP contribution is -2.12. The number of aromatic nitrogens is 1. The Morgan fingerprint density at radius 1 is 1.53 bits per heavy atom. The lowest BCUT2D eigenvalue weighted by atomic mass is 10.2. The van der Waals surface area contributed by atoms with E-state index in [1.807, 2.05) is 0 Å². The van der Waals surface area contributed by atoms with Crippen LogP contribution in [0.25, 0.3) is 0 Å². The molecule has 1 rings (SSSR count). The molecule has 1 heterocycles. The van der Waals surface area contributed by atoms with Gasteiger partial charge in [-0.15, -0.1) is 0 Å². The summed E-state index contributed by atoms with van der Waals surface area (Å²) in [5.74, 6) is 0.297. The molecule has 5 nitrogen and oxygen atoms in total. The number of rotatable bonds is 5. The van der Waals surface area contributed by atoms with Crippen LogP contribution in [0.5, 0.6) is 0 Å². The number of halogens is 4. The maximum absolute atomic E-state index is 11.9. The van der Waals surface area contributed by atoms with Crippen molar-refractivity contribution in [3.8, 4) is 0 Å². The van der Waals surface area contributed by atoms with Crippen molar-refractivity contribution in [2.45, 2.75) is 25.9 Å². The molecule has 0 aliphatic heterocycles. The Hall–Kier alpha value is -1.38. The minimum Gasteiger partial charge on any atom is -0.369 e. The van der Waals surface area contributed by atoms with Gasteiger partial charge in [0, 0.05) is 18.5 Å². The first-order chi connectivity index (χ1) is 8.72. The molecule has 1 N–H and O–H groups in total. The Kier molecular flexibility index (Phi) is 5.10. The summed E-state index contributed by atoms with van der Waals surface area (Å²) in [6.45, 7) is 1.62. The van der Waals surface area contributed by atoms with E-state index in [2.05, 4.69) is 26.2 Å². The van der Waals surface area contributed by atoms with Crippen molar-refractivity contribution in [2.24, 2.45) is 0 Å². The number of hydrogen-bond donors (Lipinski definition) is 1. The minimum atomic E-state index is -4.18. The molecule has 0 spiro atoms. The van der Waals surface area contributed by atoms with Gasteiger partial charge in [-0.25, -0.2) is 4.98 Å². The van der Waals surface area contributed by atoms with Crippen LogP contribution in [0.3, 0.4) is 0 Å². The average molecular weight is 342 g/mol. The summed E-state index contributed by atoms with van der Waals surface area (Å²) in [5, 5.41) is 13.4. The van der Waals surface area contributed by atoms with Gasteiger partial charge in [0.15, 0.2) is 0 Å². The van der Waals surface area contributed by atoms with E-state index in [0.29, 0.717) is 15.9 Å². The molecule has 1 aromatic rings. The van der Waals surface area contributed by atoms with Crippen LogP contribution in [0.4, 0.5) is 24.7 Å². The number of hydrogen-bond acceptors (Lipinski definition) is 4. The van der Waals surface area contributed by atoms with E-state index in [1.54, 1.807) is 0 Å². The van der Waals surface area contributed by atoms with Crippen LogP contribution in [0.2, 0.25) is 0 Å². The van der Waals surface area contributed by atoms with E-state index < -0.39 is 17.5 Å². The van der Waals surface area contributed by atoms with Gasteiger partial charge < -0.3 is 5.32 Å². The van der Waals surface area contributed by atoms with Crippen molar-refractivity contribution < 1.29 is 18.1 Å². The molecule has 0 amide bonds. The first-order valence-electron chi connectivity index (χ1n) is 5.32. The molecule has 0 bridgehead atoms. The summed E-state index contributed by atoms with van der Waals surface area (Å²) in [6, 6.07) is 0. The molecule has 106 valence electrons. The van der Waals surface area contributed by atoms with Gasteiger partial charge in [-0.1, -0.05) is 0 Å². The molecule has 0 atom stereocenters. The van der Waals surface area contributed by atoms with E-state index in [-0.39, 0.29) is 18.7 Å². The number of anilines is 1. The van der Waals surface area contributed by atoms with Crippen molar-refractivity contribution in [3.05, 3.63) is 26.3 Å². The molecule has 9 heteroatoms. The van der Waals surface area contributed by atoms with E-state index in [9.17, 15) is 23.3 Å². The van der Waals surface area contributed by atoms with Crippen LogP contribution in [-0.2, 0) is 0 Å². The van der Waals surface area contributed by atoms with Crippen LogP contribution >= 0.6 is 15.9 Å². The third-order valence-corrected chi connectivity index (χ3v) is 3.33. The van der Waals surface area contributed by atoms with E-state index >= 15 is 0 Å². The smallest absolute Gasteiger partial charge is 0.369 e. The fourth-order valence-electron chi connectivity index (χ4n) is 1.37. The van der Waals surface area contributed by atoms with Gasteiger partial charge in [0.05, 0.1) is 9.40 Å². The van der Waals surface area contributed by atoms with E-state index in [4.69, 9.17) is 0 Å². The molecule has 1 aromatic heterocycles. The topological polar surface area (TPSA) is 68.1 Å². The zero-order chi connectivity index (χ0) is 14.6. The monoisotopic (exact) mass is 341 g/mol. The molecule has 0 aliphatic carbocycles. The van der Waals surface area contributed by atoms with Crippen molar-refractivity contribution in [1.29, 1.82) is 0 Å². The number of nitrogens with one attached hydrogen (secondary N) is 1. The summed E-state index contributed by atoms with van der Waals surface area (Å²) in [5.41, 5.74) is 0.228. The van der Waals surface area contributed by atoms with Gasteiger partial charge in [0.1, 0.15) is 12.0 Å². The number of nitro groups is 1. The lowest BCUT2D eigenvalue weighted by molar-refractivity contribution is -0.385. The maximum atomic E-state index is 11.9. The second kappa shape index (κ2) is 6.18. The quantitative estimate of drug-likeness (QED) is 0.502. The Balaban J connectivity index is 2.66. The minimum absolute atomic E-state index is 0.0857. The highest BCUT2D eigenvalue weighted by Gasteiger charge is 2.26. The SMILES string of the molecule is Cc1c([N+](=O)[O-])cnc(NCCCC(F)(F)F)c1Br. The zero-order valence-corrected chi connectivity index (χ0v) is 11.5. The predicted molar refractivity (Wildman–Crippen MR) is 67.1 cm³/mol. The molecule has 0 saturated heterocycles. The third-order valence-electron chi connectivity index (χ3n) is 2.36. The van der Waals surface area contributed by atoms with Crippen molar-refractivity contribution in [1.82, 2.24) is 4.98 Å². The largest absolute Gasteiger partial charge is 0.389 e. The third kappa shape index (κ3) is 4.66. The van der Waals surface area contributed by atoms with Gasteiger partial charge >= 0.3 is 6.18 Å². The van der Waals surface area contributed by atoms with Gasteiger partial charge in [-0.05, 0) is 29.3 Å². The first kappa shape index (κ1) is 15.7. The number of nitrogens with zero attached hydrogens (tertiary/aromatic N) is 2. The Morgan fingerprint density at radius 2 is 2.16 bits per heavy atom. The van der Waals surface area contributed by atoms with Crippen molar-refractivity contribution >= 4 is 27.4 Å². The van der Waals surface area contributed by atoms with Crippen LogP contribution in [-0.4, -0.2) is 22.6 Å². The van der Waals surface area contributed by atoms with Crippen LogP contribution in [0.15, 0.2) is 10.7 Å². The second-order valence-electron chi connectivity index (χ2n) is 3.83. The molecule has 0 unspecified atom stereocenters. The Morgan fingerprint density at radius 3 is 2.68 bits per heavy atom. The maximum Gasteiger partial charge on any atom is 0.389 e. The second-order valence-corrected chi connectivity index (χ2v) is 4.63. The normalized spacial score (nSPS) is 11.4. The predicted octanol–water partition coefficient (Wildman–Crippen LogP) is 3.82. The highest BCUT2D eigenvalue weighted by atomic mass is 79.9. The lowest BCUT2D eigenvalue weighted by Gasteiger charge is -2.10. The molecule has 0 radical (unpaired) electrons. The number of pyridine rings is 1. The Bertz CT molecular complexity index is 480. The van der Waals surface area contributed by atoms with Gasteiger partial charge in [0.2, 0.25) is 0 Å². The van der Waals surface area contributed by atoms with Gasteiger partial charge in [0.25, 0.3) is 5.69 Å². The molecule has 0 fully saturated rings. The summed E-state index contributed by atoms with van der Waals surface area (Å²) in [7, 11) is 0. The van der Waals surface area contributed by atoms with Gasteiger partial charge in [-0.2, -0.15) is 13.2 Å². The molecular formula is C10H11BrF3N3O2. The highest BCUT2D eigenvalue weighted by Crippen LogP contribution is 2.30. The Labute approximate surface area is 115 Å². The highest BCUT2D eigenvalue weighted by molar-refractivity contribution is 9.10. The zero-order valence-electron chi connectivity index (χ0n) is 9.92. The van der Waals surface area contributed by atoms with Crippen LogP contribution in [0, 0.1) is 17.0 Å². The summed E-state index contributed by atoms with van der Waals surface area (Å²) in [4.78, 5) is 13.9. The standard InChI is InChI=1S/C10H11BrF3N3O2/c1-6-7(17(18)19)5-16-9(8(6)11)15-4-2-3-10(12,13)14/h5H,2-4H2,1H3,(H,15,16). The molecule has 0 aliphatic rings. The van der Waals surface area contributed by atoms with E-state index in [0.717, 1.165) is 6.20 Å². The van der Waals surface area contributed by atoms with E-state index in [1.165, 1.54) is 6.92 Å². The summed E-state index contributed by atoms with van der Waals surface area (Å²) < 4.78 is 36.2. The first-order valence-corrected chi connectivity index (χ1v) is 6.12. The summed E-state index contributed by atoms with van der Waals surface area (Å²) >= 11 is 3.14. The average Bonchev–Trinajstić information content (AvgIpc) is 2.28. The van der Waals surface area contributed by atoms with Crippen molar-refractivity contribution in [3.63, 3.8) is 0 Å². The van der Waals surface area contributed by atoms with Crippen LogP contribution in [0.1, 0.15) is 18.4 Å². The van der Waals surface area contributed by atoms with Gasteiger partial charge in [-0.3, -0.25) is 10.1 Å². The molecule has 19 heavy (non-hydrogen) atoms. The van der Waals surface area contributed by atoms with Crippen molar-refractivity contribution in [2.75, 3.05) is 11.9 Å². The summed E-state index contributed by atoms with van der Waals surface area (Å²) in [6.07, 6.45) is -4.08. The molecular weight excluding hydrogens is 331 g/mol. The number of alkyl halides is 3. The van der Waals surface area contributed by atoms with Crippen LogP contribution < -0.4 is 5.32 Å².